The Morgan fingerprint density at radius 3 is 2.82 bits per heavy atom. The summed E-state index contributed by atoms with van der Waals surface area (Å²) < 4.78 is 4.67. The van der Waals surface area contributed by atoms with Crippen LogP contribution in [0.25, 0.3) is 11.0 Å². The van der Waals surface area contributed by atoms with E-state index >= 15 is 0 Å². The third kappa shape index (κ3) is 2.03. The first-order valence-electron chi connectivity index (χ1n) is 6.39. The zero-order valence-electron chi connectivity index (χ0n) is 11.5. The van der Waals surface area contributed by atoms with Crippen LogP contribution in [0, 0.1) is 0 Å². The molecule has 3 N–H and O–H groups in total. The van der Waals surface area contributed by atoms with Crippen molar-refractivity contribution in [2.45, 2.75) is 13.0 Å². The molecule has 9 nitrogen and oxygen atoms in total. The number of hydrogen-bond donors (Lipinski definition) is 3. The van der Waals surface area contributed by atoms with Gasteiger partial charge in [-0.05, 0) is 23.3 Å². The number of carboxylic acid groups (broad SMARTS) is 2. The van der Waals surface area contributed by atoms with Crippen LogP contribution in [-0.2, 0) is 4.79 Å². The molecule has 0 aliphatic carbocycles. The Balaban J connectivity index is 2.25. The molecule has 1 amide bonds. The van der Waals surface area contributed by atoms with Gasteiger partial charge in [-0.15, -0.1) is 0 Å². The molecule has 114 valence electrons. The fourth-order valence-corrected chi connectivity index (χ4v) is 2.58. The highest BCUT2D eigenvalue weighted by Gasteiger charge is 2.38. The second-order valence-corrected chi connectivity index (χ2v) is 4.81. The van der Waals surface area contributed by atoms with Crippen LogP contribution in [0.15, 0.2) is 34.1 Å². The Morgan fingerprint density at radius 1 is 1.36 bits per heavy atom. The maximum atomic E-state index is 11.6. The Morgan fingerprint density at radius 2 is 2.14 bits per heavy atom. The average molecular weight is 304 g/mol. The number of carbonyl (C=O) groups is 2. The van der Waals surface area contributed by atoms with E-state index in [-0.39, 0.29) is 12.2 Å². The molecule has 1 atom stereocenters. The first kappa shape index (κ1) is 13.9. The van der Waals surface area contributed by atoms with E-state index in [1.165, 1.54) is 0 Å². The number of fused-ring (bicyclic) bond motifs is 1. The molecule has 0 fully saturated rings. The van der Waals surface area contributed by atoms with E-state index in [9.17, 15) is 19.8 Å². The summed E-state index contributed by atoms with van der Waals surface area (Å²) in [7, 11) is 0. The van der Waals surface area contributed by atoms with Crippen molar-refractivity contribution in [1.29, 1.82) is 0 Å². The highest BCUT2D eigenvalue weighted by Crippen LogP contribution is 2.35. The molecule has 1 aliphatic heterocycles. The van der Waals surface area contributed by atoms with E-state index in [0.717, 1.165) is 4.90 Å². The molecule has 1 aliphatic rings. The van der Waals surface area contributed by atoms with Gasteiger partial charge >= 0.3 is 12.1 Å². The van der Waals surface area contributed by atoms with Crippen molar-refractivity contribution >= 4 is 23.1 Å². The maximum absolute atomic E-state index is 11.6. The van der Waals surface area contributed by atoms with Crippen molar-refractivity contribution < 1.29 is 24.4 Å². The maximum Gasteiger partial charge on any atom is 0.409 e. The van der Waals surface area contributed by atoms with Crippen LogP contribution in [0.4, 0.5) is 4.79 Å². The quantitative estimate of drug-likeness (QED) is 0.754. The Labute approximate surface area is 123 Å². The molecule has 2 heterocycles. The summed E-state index contributed by atoms with van der Waals surface area (Å²) in [6, 6.07) is 3.93. The van der Waals surface area contributed by atoms with E-state index in [4.69, 9.17) is 0 Å². The molecule has 1 aromatic carbocycles. The largest absolute Gasteiger partial charge is 0.478 e. The van der Waals surface area contributed by atoms with Crippen molar-refractivity contribution in [2.24, 2.45) is 0 Å². The fraction of sp³-hybridized carbons (Fsp3) is 0.231. The van der Waals surface area contributed by atoms with Crippen LogP contribution in [0.2, 0.25) is 0 Å². The number of hydrogen-bond acceptors (Lipinski definition) is 6. The molecule has 0 bridgehead atoms. The van der Waals surface area contributed by atoms with Gasteiger partial charge in [0.05, 0.1) is 18.3 Å². The van der Waals surface area contributed by atoms with Gasteiger partial charge in [-0.2, -0.15) is 0 Å². The van der Waals surface area contributed by atoms with Gasteiger partial charge in [0.1, 0.15) is 11.0 Å². The van der Waals surface area contributed by atoms with Gasteiger partial charge in [-0.3, -0.25) is 4.90 Å². The second-order valence-electron chi connectivity index (χ2n) is 4.81. The fourth-order valence-electron chi connectivity index (χ4n) is 2.58. The third-order valence-corrected chi connectivity index (χ3v) is 3.59. The van der Waals surface area contributed by atoms with Gasteiger partial charge in [0.15, 0.2) is 0 Å². The summed E-state index contributed by atoms with van der Waals surface area (Å²) in [6.07, 6.45) is -1.24. The lowest BCUT2D eigenvalue weighted by molar-refractivity contribution is -0.133. The topological polar surface area (TPSA) is 129 Å². The number of aromatic nitrogens is 2. The smallest absolute Gasteiger partial charge is 0.409 e. The van der Waals surface area contributed by atoms with Crippen molar-refractivity contribution in [1.82, 2.24) is 20.5 Å². The van der Waals surface area contributed by atoms with Gasteiger partial charge in [-0.25, -0.2) is 14.2 Å². The van der Waals surface area contributed by atoms with Gasteiger partial charge in [-0.1, -0.05) is 12.1 Å². The predicted molar refractivity (Wildman–Crippen MR) is 72.7 cm³/mol. The number of benzene rings is 1. The summed E-state index contributed by atoms with van der Waals surface area (Å²) in [4.78, 5) is 24.1. The number of amides is 1. The first-order chi connectivity index (χ1) is 10.5. The highest BCUT2D eigenvalue weighted by atomic mass is 16.6. The molecule has 0 radical (unpaired) electrons. The van der Waals surface area contributed by atoms with Crippen molar-refractivity contribution in [3.8, 4) is 0 Å². The molecule has 1 unspecified atom stereocenters. The SMILES string of the molecule is CC1=C(C(=O)O)C(c2cccc3nonc23)N(C(=O)O)CN1. The third-order valence-electron chi connectivity index (χ3n) is 3.59. The van der Waals surface area contributed by atoms with Crippen molar-refractivity contribution in [3.63, 3.8) is 0 Å². The lowest BCUT2D eigenvalue weighted by Gasteiger charge is -2.35. The van der Waals surface area contributed by atoms with E-state index in [2.05, 4.69) is 20.3 Å². The lowest BCUT2D eigenvalue weighted by atomic mass is 9.93. The highest BCUT2D eigenvalue weighted by molar-refractivity contribution is 5.92. The van der Waals surface area contributed by atoms with Crippen molar-refractivity contribution in [2.75, 3.05) is 6.67 Å². The van der Waals surface area contributed by atoms with Crippen LogP contribution < -0.4 is 5.32 Å². The molecule has 22 heavy (non-hydrogen) atoms. The Kier molecular flexibility index (Phi) is 3.17. The Hall–Kier alpha value is -3.10. The number of nitrogens with zero attached hydrogens (tertiary/aromatic N) is 3. The number of carboxylic acids is 1. The minimum atomic E-state index is -1.24. The molecule has 0 spiro atoms. The van der Waals surface area contributed by atoms with Gasteiger partial charge in [0.25, 0.3) is 0 Å². The standard InChI is InChI=1S/C13H12N4O5/c1-6-9(12(18)19)11(17(5-14-6)13(20)21)7-3-2-4-8-10(7)16-22-15-8/h2-4,11,14H,5H2,1H3,(H,18,19)(H,20,21). The molecular formula is C13H12N4O5. The van der Waals surface area contributed by atoms with E-state index in [1.54, 1.807) is 25.1 Å². The van der Waals surface area contributed by atoms with E-state index in [0.29, 0.717) is 22.3 Å². The molecule has 9 heteroatoms. The van der Waals surface area contributed by atoms with Crippen LogP contribution in [0.3, 0.4) is 0 Å². The predicted octanol–water partition coefficient (Wildman–Crippen LogP) is 1.16. The zero-order chi connectivity index (χ0) is 15.9. The minimum Gasteiger partial charge on any atom is -0.478 e. The number of allylic oxidation sites excluding steroid dienone is 1. The normalized spacial score (nSPS) is 18.4. The van der Waals surface area contributed by atoms with Gasteiger partial charge < -0.3 is 15.5 Å². The number of aliphatic carboxylic acids is 1. The average Bonchev–Trinajstić information content (AvgIpc) is 2.94. The molecular weight excluding hydrogens is 292 g/mol. The van der Waals surface area contributed by atoms with Gasteiger partial charge in [0, 0.05) is 11.3 Å². The first-order valence-corrected chi connectivity index (χ1v) is 6.39. The van der Waals surface area contributed by atoms with Crippen molar-refractivity contribution in [3.05, 3.63) is 35.0 Å². The van der Waals surface area contributed by atoms with Crippen LogP contribution in [0.1, 0.15) is 18.5 Å². The molecule has 2 aromatic rings. The molecule has 0 saturated heterocycles. The number of rotatable bonds is 2. The van der Waals surface area contributed by atoms with Crippen LogP contribution in [-0.4, -0.2) is 44.2 Å². The van der Waals surface area contributed by atoms with Crippen LogP contribution >= 0.6 is 0 Å². The lowest BCUT2D eigenvalue weighted by Crippen LogP contribution is -2.46. The monoisotopic (exact) mass is 304 g/mol. The zero-order valence-corrected chi connectivity index (χ0v) is 11.5. The van der Waals surface area contributed by atoms with E-state index in [1.807, 2.05) is 0 Å². The summed E-state index contributed by atoms with van der Waals surface area (Å²) in [5.74, 6) is -1.20. The second kappa shape index (κ2) is 5.02. The summed E-state index contributed by atoms with van der Waals surface area (Å²) in [5.41, 5.74) is 1.54. The van der Waals surface area contributed by atoms with Crippen LogP contribution in [0.5, 0.6) is 0 Å². The Bertz CT molecular complexity index is 797. The molecule has 1 aromatic heterocycles. The number of nitrogens with one attached hydrogen (secondary N) is 1. The molecule has 3 rings (SSSR count). The summed E-state index contributed by atoms with van der Waals surface area (Å²) in [6.45, 7) is 1.57. The summed E-state index contributed by atoms with van der Waals surface area (Å²) >= 11 is 0. The molecule has 0 saturated carbocycles. The minimum absolute atomic E-state index is 0.0235. The van der Waals surface area contributed by atoms with Gasteiger partial charge in [0.2, 0.25) is 0 Å². The van der Waals surface area contributed by atoms with E-state index < -0.39 is 18.1 Å². The summed E-state index contributed by atoms with van der Waals surface area (Å²) in [5, 5.41) is 29.1.